The van der Waals surface area contributed by atoms with E-state index in [2.05, 4.69) is 18.9 Å². The van der Waals surface area contributed by atoms with Crippen LogP contribution in [0.15, 0.2) is 0 Å². The highest BCUT2D eigenvalue weighted by atomic mass is 19.4. The van der Waals surface area contributed by atoms with Gasteiger partial charge >= 0.3 is 24.7 Å². The summed E-state index contributed by atoms with van der Waals surface area (Å²) >= 11 is 0. The van der Waals surface area contributed by atoms with Crippen molar-refractivity contribution in [2.24, 2.45) is 0 Å². The molecule has 180 valence electrons. The summed E-state index contributed by atoms with van der Waals surface area (Å²) in [4.78, 5) is 0. The highest BCUT2D eigenvalue weighted by Crippen LogP contribution is 2.56. The largest absolute Gasteiger partial charge is 0.426 e. The number of ether oxygens (including phenoxy) is 4. The van der Waals surface area contributed by atoms with Crippen LogP contribution in [-0.4, -0.2) is 61.7 Å². The maximum absolute atomic E-state index is 13.4. The highest BCUT2D eigenvalue weighted by molar-refractivity contribution is 5.03. The molecule has 1 saturated heterocycles. The van der Waals surface area contributed by atoms with Gasteiger partial charge < -0.3 is 18.9 Å². The van der Waals surface area contributed by atoms with Crippen LogP contribution in [0.4, 0.5) is 52.7 Å². The summed E-state index contributed by atoms with van der Waals surface area (Å²) in [7, 11) is 0. The van der Waals surface area contributed by atoms with Crippen LogP contribution >= 0.6 is 0 Å². The maximum Gasteiger partial charge on any atom is 0.426 e. The van der Waals surface area contributed by atoms with Gasteiger partial charge in [-0.2, -0.15) is 52.7 Å². The second-order valence-corrected chi connectivity index (χ2v) is 6.06. The quantitative estimate of drug-likeness (QED) is 0.519. The first kappa shape index (κ1) is 27.0. The zero-order chi connectivity index (χ0) is 23.8. The molecule has 0 radical (unpaired) electrons. The van der Waals surface area contributed by atoms with Gasteiger partial charge in [0, 0.05) is 26.1 Å². The lowest BCUT2D eigenvalue weighted by molar-refractivity contribution is -0.469. The fraction of sp³-hybridized carbons (Fsp3) is 1.00. The summed E-state index contributed by atoms with van der Waals surface area (Å²) < 4.78 is 177. The van der Waals surface area contributed by atoms with Gasteiger partial charge in [0.25, 0.3) is 11.2 Å². The van der Waals surface area contributed by atoms with Gasteiger partial charge in [-0.05, 0) is 13.8 Å². The minimum atomic E-state index is -6.32. The van der Waals surface area contributed by atoms with Crippen molar-refractivity contribution in [3.8, 4) is 0 Å². The molecule has 2 atom stereocenters. The summed E-state index contributed by atoms with van der Waals surface area (Å²) in [6.45, 7) is 0.101. The minimum absolute atomic E-state index is 0.864. The Balaban J connectivity index is 3.75. The molecule has 4 nitrogen and oxygen atoms in total. The molecule has 0 amide bonds. The fourth-order valence-electron chi connectivity index (χ4n) is 2.71. The van der Waals surface area contributed by atoms with Crippen molar-refractivity contribution in [3.05, 3.63) is 0 Å². The SMILES string of the molecule is CCO[C@H]1CC(C(F)(F)F)(C(F)(F)F)O[C@H](OCC)CC(C(F)(F)F)(C(F)(F)F)O1. The monoisotopic (exact) mass is 476 g/mol. The third-order valence-corrected chi connectivity index (χ3v) is 4.11. The Kier molecular flexibility index (Phi) is 7.66. The van der Waals surface area contributed by atoms with Crippen LogP contribution in [0.2, 0.25) is 0 Å². The summed E-state index contributed by atoms with van der Waals surface area (Å²) in [5, 5.41) is 0. The Morgan fingerprint density at radius 1 is 0.600 bits per heavy atom. The van der Waals surface area contributed by atoms with Crippen LogP contribution in [0.5, 0.6) is 0 Å². The van der Waals surface area contributed by atoms with Crippen molar-refractivity contribution in [2.45, 2.75) is 75.2 Å². The van der Waals surface area contributed by atoms with Crippen LogP contribution < -0.4 is 0 Å². The van der Waals surface area contributed by atoms with Crippen molar-refractivity contribution in [1.82, 2.24) is 0 Å². The Morgan fingerprint density at radius 3 is 1.00 bits per heavy atom. The first-order valence-corrected chi connectivity index (χ1v) is 8.13. The molecule has 0 bridgehead atoms. The zero-order valence-corrected chi connectivity index (χ0v) is 15.2. The van der Waals surface area contributed by atoms with E-state index >= 15 is 0 Å². The molecule has 0 aromatic carbocycles. The first-order valence-electron chi connectivity index (χ1n) is 8.13. The van der Waals surface area contributed by atoms with Gasteiger partial charge in [0.15, 0.2) is 12.6 Å². The third kappa shape index (κ3) is 4.91. The molecular formula is C14H16F12O4. The van der Waals surface area contributed by atoms with E-state index in [1.54, 1.807) is 0 Å². The molecule has 30 heavy (non-hydrogen) atoms. The molecule has 0 aliphatic carbocycles. The first-order chi connectivity index (χ1) is 13.3. The predicted molar refractivity (Wildman–Crippen MR) is 71.9 cm³/mol. The minimum Gasteiger partial charge on any atom is -0.353 e. The number of halogens is 12. The molecule has 0 aromatic rings. The molecule has 1 aliphatic heterocycles. The van der Waals surface area contributed by atoms with E-state index in [9.17, 15) is 52.7 Å². The van der Waals surface area contributed by atoms with Gasteiger partial charge in [-0.25, -0.2) is 0 Å². The van der Waals surface area contributed by atoms with Gasteiger partial charge in [0.2, 0.25) is 0 Å². The summed E-state index contributed by atoms with van der Waals surface area (Å²) in [5.41, 5.74) is -10.4. The van der Waals surface area contributed by atoms with E-state index in [4.69, 9.17) is 0 Å². The maximum atomic E-state index is 13.4. The third-order valence-electron chi connectivity index (χ3n) is 4.11. The van der Waals surface area contributed by atoms with Crippen LogP contribution in [0.3, 0.4) is 0 Å². The second kappa shape index (κ2) is 8.50. The predicted octanol–water partition coefficient (Wildman–Crippen LogP) is 5.27. The topological polar surface area (TPSA) is 36.9 Å². The standard InChI is InChI=1S/C14H16F12O4/c1-3-27-7-5-9(11(15,16)17,12(18,19)20)30-8(28-4-2)6-10(29-7,13(21,22)23)14(24,25)26/h7-8H,3-6H2,1-2H3/t7-,8+. The van der Waals surface area contributed by atoms with E-state index in [0.29, 0.717) is 0 Å². The van der Waals surface area contributed by atoms with Gasteiger partial charge in [-0.1, -0.05) is 0 Å². The Hall–Kier alpha value is -1.00. The zero-order valence-electron chi connectivity index (χ0n) is 15.2. The number of hydrogen-bond donors (Lipinski definition) is 0. The van der Waals surface area contributed by atoms with E-state index in [-0.39, 0.29) is 0 Å². The normalized spacial score (nSPS) is 26.2. The molecule has 0 spiro atoms. The van der Waals surface area contributed by atoms with E-state index in [1.807, 2.05) is 0 Å². The molecule has 1 rings (SSSR count). The lowest BCUT2D eigenvalue weighted by atomic mass is 9.92. The molecule has 0 unspecified atom stereocenters. The molecule has 1 heterocycles. The lowest BCUT2D eigenvalue weighted by Gasteiger charge is -2.48. The van der Waals surface area contributed by atoms with Crippen molar-refractivity contribution >= 4 is 0 Å². The van der Waals surface area contributed by atoms with Crippen LogP contribution in [0, 0.1) is 0 Å². The number of rotatable bonds is 4. The lowest BCUT2D eigenvalue weighted by Crippen LogP contribution is -2.68. The van der Waals surface area contributed by atoms with Crippen molar-refractivity contribution < 1.29 is 71.6 Å². The Labute approximate surface area is 161 Å². The average molecular weight is 476 g/mol. The molecular weight excluding hydrogens is 460 g/mol. The Morgan fingerprint density at radius 2 is 0.833 bits per heavy atom. The van der Waals surface area contributed by atoms with Gasteiger partial charge in [0.1, 0.15) is 0 Å². The van der Waals surface area contributed by atoms with Crippen molar-refractivity contribution in [2.75, 3.05) is 13.2 Å². The van der Waals surface area contributed by atoms with Gasteiger partial charge in [0.05, 0.1) is 0 Å². The molecule has 0 aromatic heterocycles. The molecule has 0 N–H and O–H groups in total. The van der Waals surface area contributed by atoms with Crippen LogP contribution in [0.1, 0.15) is 26.7 Å². The summed E-state index contributed by atoms with van der Waals surface area (Å²) in [6, 6.07) is 0. The van der Waals surface area contributed by atoms with Crippen molar-refractivity contribution in [3.63, 3.8) is 0 Å². The van der Waals surface area contributed by atoms with E-state index in [1.165, 1.54) is 0 Å². The second-order valence-electron chi connectivity index (χ2n) is 6.06. The average Bonchev–Trinajstić information content (AvgIpc) is 2.46. The van der Waals surface area contributed by atoms with Crippen LogP contribution in [0.25, 0.3) is 0 Å². The molecule has 0 saturated carbocycles. The van der Waals surface area contributed by atoms with Crippen LogP contribution in [-0.2, 0) is 18.9 Å². The smallest absolute Gasteiger partial charge is 0.353 e. The fourth-order valence-corrected chi connectivity index (χ4v) is 2.71. The number of alkyl halides is 12. The summed E-state index contributed by atoms with van der Waals surface area (Å²) in [5.74, 6) is 0. The van der Waals surface area contributed by atoms with E-state index in [0.717, 1.165) is 13.8 Å². The molecule has 16 heteroatoms. The highest BCUT2D eigenvalue weighted by Gasteiger charge is 2.79. The van der Waals surface area contributed by atoms with E-state index < -0.39 is 74.5 Å². The summed E-state index contributed by atoms with van der Waals surface area (Å²) in [6.07, 6.45) is -36.9. The number of hydrogen-bond acceptors (Lipinski definition) is 4. The Bertz CT molecular complexity index is 471. The van der Waals surface area contributed by atoms with Gasteiger partial charge in [-0.15, -0.1) is 0 Å². The molecule has 1 fully saturated rings. The molecule has 1 aliphatic rings. The van der Waals surface area contributed by atoms with Gasteiger partial charge in [-0.3, -0.25) is 0 Å². The van der Waals surface area contributed by atoms with Crippen molar-refractivity contribution in [1.29, 1.82) is 0 Å².